The molecule has 1 fully saturated rings. The molecule has 2 aliphatic rings. The van der Waals surface area contributed by atoms with Gasteiger partial charge in [0.1, 0.15) is 18.9 Å². The van der Waals surface area contributed by atoms with Gasteiger partial charge < -0.3 is 19.7 Å². The SMILES string of the molecule is O=c1cc(-c2ccc3c(c2)OCCO3)nc2ccc(N3CCCNCC3)cn12. The van der Waals surface area contributed by atoms with Gasteiger partial charge in [-0.15, -0.1) is 0 Å². The lowest BCUT2D eigenvalue weighted by Crippen LogP contribution is -2.28. The number of fused-ring (bicyclic) bond motifs is 2. The Morgan fingerprint density at radius 1 is 0.964 bits per heavy atom. The van der Waals surface area contributed by atoms with Crippen LogP contribution in [0.3, 0.4) is 0 Å². The molecule has 0 saturated carbocycles. The molecule has 5 rings (SSSR count). The predicted molar refractivity (Wildman–Crippen MR) is 108 cm³/mol. The van der Waals surface area contributed by atoms with E-state index in [1.54, 1.807) is 10.5 Å². The average Bonchev–Trinajstić information content (AvgIpc) is 3.03. The normalized spacial score (nSPS) is 16.8. The van der Waals surface area contributed by atoms with E-state index < -0.39 is 0 Å². The van der Waals surface area contributed by atoms with Crippen LogP contribution in [0.5, 0.6) is 11.5 Å². The van der Waals surface area contributed by atoms with Gasteiger partial charge in [0, 0.05) is 37.5 Å². The molecule has 2 aliphatic heterocycles. The molecular weight excluding hydrogens is 356 g/mol. The number of hydrogen-bond acceptors (Lipinski definition) is 6. The van der Waals surface area contributed by atoms with Crippen LogP contribution in [-0.2, 0) is 0 Å². The molecule has 0 bridgehead atoms. The van der Waals surface area contributed by atoms with Crippen molar-refractivity contribution in [3.05, 3.63) is 52.9 Å². The molecule has 1 saturated heterocycles. The van der Waals surface area contributed by atoms with Crippen molar-refractivity contribution in [1.29, 1.82) is 0 Å². The summed E-state index contributed by atoms with van der Waals surface area (Å²) < 4.78 is 12.8. The second-order valence-electron chi connectivity index (χ2n) is 7.04. The fraction of sp³-hybridized carbons (Fsp3) is 0.333. The highest BCUT2D eigenvalue weighted by Gasteiger charge is 2.15. The number of benzene rings is 1. The molecular formula is C21H22N4O3. The van der Waals surface area contributed by atoms with E-state index in [9.17, 15) is 4.79 Å². The van der Waals surface area contributed by atoms with Gasteiger partial charge in [-0.2, -0.15) is 0 Å². The number of aromatic nitrogens is 2. The van der Waals surface area contributed by atoms with Crippen molar-refractivity contribution >= 4 is 11.3 Å². The third-order valence-electron chi connectivity index (χ3n) is 5.19. The minimum Gasteiger partial charge on any atom is -0.486 e. The zero-order valence-corrected chi connectivity index (χ0v) is 15.6. The predicted octanol–water partition coefficient (Wildman–Crippen LogP) is 1.93. The highest BCUT2D eigenvalue weighted by molar-refractivity contribution is 5.66. The van der Waals surface area contributed by atoms with Crippen LogP contribution in [0.4, 0.5) is 5.69 Å². The Morgan fingerprint density at radius 3 is 2.79 bits per heavy atom. The summed E-state index contributed by atoms with van der Waals surface area (Å²) in [6.07, 6.45) is 2.98. The Balaban J connectivity index is 1.52. The van der Waals surface area contributed by atoms with E-state index in [1.807, 2.05) is 36.5 Å². The van der Waals surface area contributed by atoms with E-state index in [4.69, 9.17) is 14.5 Å². The van der Waals surface area contributed by atoms with Crippen molar-refractivity contribution in [3.63, 3.8) is 0 Å². The van der Waals surface area contributed by atoms with Crippen molar-refractivity contribution in [3.8, 4) is 22.8 Å². The van der Waals surface area contributed by atoms with Crippen molar-refractivity contribution in [2.24, 2.45) is 0 Å². The van der Waals surface area contributed by atoms with Crippen molar-refractivity contribution in [2.75, 3.05) is 44.3 Å². The summed E-state index contributed by atoms with van der Waals surface area (Å²) >= 11 is 0. The number of ether oxygens (including phenoxy) is 2. The van der Waals surface area contributed by atoms with E-state index in [0.29, 0.717) is 30.3 Å². The summed E-state index contributed by atoms with van der Waals surface area (Å²) in [5.74, 6) is 1.42. The van der Waals surface area contributed by atoms with E-state index >= 15 is 0 Å². The highest BCUT2D eigenvalue weighted by atomic mass is 16.6. The molecule has 1 N–H and O–H groups in total. The van der Waals surface area contributed by atoms with Gasteiger partial charge in [0.15, 0.2) is 11.5 Å². The fourth-order valence-electron chi connectivity index (χ4n) is 3.73. The molecule has 7 heteroatoms. The number of hydrogen-bond donors (Lipinski definition) is 1. The van der Waals surface area contributed by atoms with Crippen LogP contribution in [0.1, 0.15) is 6.42 Å². The Labute approximate surface area is 162 Å². The van der Waals surface area contributed by atoms with Gasteiger partial charge in [0.2, 0.25) is 0 Å². The summed E-state index contributed by atoms with van der Waals surface area (Å²) in [6.45, 7) is 4.98. The van der Waals surface area contributed by atoms with Gasteiger partial charge in [0.05, 0.1) is 11.4 Å². The highest BCUT2D eigenvalue weighted by Crippen LogP contribution is 2.33. The van der Waals surface area contributed by atoms with Crippen molar-refractivity contribution < 1.29 is 9.47 Å². The quantitative estimate of drug-likeness (QED) is 0.735. The van der Waals surface area contributed by atoms with Crippen molar-refractivity contribution in [2.45, 2.75) is 6.42 Å². The van der Waals surface area contributed by atoms with Gasteiger partial charge in [-0.1, -0.05) is 0 Å². The summed E-state index contributed by atoms with van der Waals surface area (Å²) in [5, 5.41) is 3.40. The summed E-state index contributed by atoms with van der Waals surface area (Å²) in [6, 6.07) is 11.2. The molecule has 2 aromatic heterocycles. The topological polar surface area (TPSA) is 68.1 Å². The number of nitrogens with zero attached hydrogens (tertiary/aromatic N) is 3. The number of pyridine rings is 1. The maximum atomic E-state index is 12.8. The van der Waals surface area contributed by atoms with Gasteiger partial charge in [0.25, 0.3) is 5.56 Å². The zero-order chi connectivity index (χ0) is 18.9. The minimum absolute atomic E-state index is 0.0929. The van der Waals surface area contributed by atoms with E-state index in [1.165, 1.54) is 0 Å². The van der Waals surface area contributed by atoms with E-state index in [0.717, 1.165) is 49.6 Å². The Morgan fingerprint density at radius 2 is 1.86 bits per heavy atom. The molecule has 0 unspecified atom stereocenters. The zero-order valence-electron chi connectivity index (χ0n) is 15.6. The molecule has 0 amide bonds. The van der Waals surface area contributed by atoms with E-state index in [2.05, 4.69) is 10.2 Å². The van der Waals surface area contributed by atoms with Gasteiger partial charge >= 0.3 is 0 Å². The van der Waals surface area contributed by atoms with Crippen LogP contribution in [-0.4, -0.2) is 48.8 Å². The van der Waals surface area contributed by atoms with Crippen LogP contribution in [0.25, 0.3) is 16.9 Å². The standard InChI is InChI=1S/C21H22N4O3/c26-21-13-17(15-2-4-18-19(12-15)28-11-10-27-18)23-20-5-3-16(14-25(20)21)24-8-1-6-22-7-9-24/h2-5,12-14,22H,1,6-11H2. The maximum Gasteiger partial charge on any atom is 0.258 e. The van der Waals surface area contributed by atoms with Crippen LogP contribution in [0.2, 0.25) is 0 Å². The monoisotopic (exact) mass is 378 g/mol. The first-order chi connectivity index (χ1) is 13.8. The molecule has 1 aromatic carbocycles. The third kappa shape index (κ3) is 3.18. The smallest absolute Gasteiger partial charge is 0.258 e. The Kier molecular flexibility index (Phi) is 4.37. The second kappa shape index (κ2) is 7.16. The first-order valence-electron chi connectivity index (χ1n) is 9.67. The first kappa shape index (κ1) is 17.1. The van der Waals surface area contributed by atoms with Crippen molar-refractivity contribution in [1.82, 2.24) is 14.7 Å². The summed E-state index contributed by atoms with van der Waals surface area (Å²) in [4.78, 5) is 19.8. The largest absolute Gasteiger partial charge is 0.486 e. The summed E-state index contributed by atoms with van der Waals surface area (Å²) in [7, 11) is 0. The molecule has 3 aromatic rings. The van der Waals surface area contributed by atoms with E-state index in [-0.39, 0.29) is 5.56 Å². The van der Waals surface area contributed by atoms with Gasteiger partial charge in [-0.3, -0.25) is 9.20 Å². The lowest BCUT2D eigenvalue weighted by molar-refractivity contribution is 0.171. The Hall–Kier alpha value is -3.06. The van der Waals surface area contributed by atoms with Crippen LogP contribution in [0.15, 0.2) is 47.4 Å². The molecule has 0 radical (unpaired) electrons. The molecule has 144 valence electrons. The molecule has 4 heterocycles. The fourth-order valence-corrected chi connectivity index (χ4v) is 3.73. The molecule has 0 spiro atoms. The lowest BCUT2D eigenvalue weighted by atomic mass is 10.1. The second-order valence-corrected chi connectivity index (χ2v) is 7.04. The van der Waals surface area contributed by atoms with Gasteiger partial charge in [-0.05, 0) is 43.3 Å². The van der Waals surface area contributed by atoms with Crippen LogP contribution < -0.4 is 25.2 Å². The number of anilines is 1. The van der Waals surface area contributed by atoms with Gasteiger partial charge in [-0.25, -0.2) is 4.98 Å². The first-order valence-corrected chi connectivity index (χ1v) is 9.67. The Bertz CT molecular complexity index is 1070. The molecule has 0 atom stereocenters. The number of rotatable bonds is 2. The maximum absolute atomic E-state index is 12.8. The number of nitrogens with one attached hydrogen (secondary N) is 1. The molecule has 7 nitrogen and oxygen atoms in total. The summed E-state index contributed by atoms with van der Waals surface area (Å²) in [5.41, 5.74) is 3.06. The molecule has 0 aliphatic carbocycles. The minimum atomic E-state index is -0.0929. The van der Waals surface area contributed by atoms with Crippen LogP contribution in [0, 0.1) is 0 Å². The lowest BCUT2D eigenvalue weighted by Gasteiger charge is -2.22. The molecule has 28 heavy (non-hydrogen) atoms. The van der Waals surface area contributed by atoms with Crippen LogP contribution >= 0.6 is 0 Å². The third-order valence-corrected chi connectivity index (χ3v) is 5.19. The average molecular weight is 378 g/mol.